The van der Waals surface area contributed by atoms with Crippen LogP contribution in [0, 0.1) is 23.3 Å². The molecule has 6 atom stereocenters. The number of hydrogen-bond acceptors (Lipinski definition) is 12. The van der Waals surface area contributed by atoms with Gasteiger partial charge in [-0.1, -0.05) is 225 Å². The summed E-state index contributed by atoms with van der Waals surface area (Å²) in [6, 6.07) is 55.4. The lowest BCUT2D eigenvalue weighted by Crippen LogP contribution is -2.34. The molecule has 0 spiro atoms. The van der Waals surface area contributed by atoms with Crippen LogP contribution in [0.3, 0.4) is 0 Å². The molecule has 12 aromatic carbocycles. The minimum atomic E-state index is -0.325. The third-order valence-electron chi connectivity index (χ3n) is 21.6. The van der Waals surface area contributed by atoms with Gasteiger partial charge in [0.15, 0.2) is 0 Å². The summed E-state index contributed by atoms with van der Waals surface area (Å²) in [6.45, 7) is 6.18. The lowest BCUT2D eigenvalue weighted by Gasteiger charge is -2.28. The van der Waals surface area contributed by atoms with Gasteiger partial charge in [0.2, 0.25) is 0 Å². The van der Waals surface area contributed by atoms with E-state index in [2.05, 4.69) is 29.7 Å². The first-order valence-electron chi connectivity index (χ1n) is 41.0. The second kappa shape index (κ2) is 45.1. The van der Waals surface area contributed by atoms with Gasteiger partial charge in [-0.05, 0) is 227 Å². The number of halogens is 16. The Morgan fingerprint density at radius 3 is 1.03 bits per heavy atom. The summed E-state index contributed by atoms with van der Waals surface area (Å²) in [7, 11) is 1.91. The first kappa shape index (κ1) is 96.4. The van der Waals surface area contributed by atoms with Crippen LogP contribution in [0.4, 0.5) is 17.6 Å². The Kier molecular flexibility index (Phi) is 34.3. The maximum Gasteiger partial charge on any atom is 0.135 e. The number of aryl methyl sites for hydroxylation is 4. The lowest BCUT2D eigenvalue weighted by atomic mass is 9.95. The van der Waals surface area contributed by atoms with Crippen molar-refractivity contribution in [1.29, 1.82) is 0 Å². The Balaban J connectivity index is 0.000000130. The molecule has 0 bridgehead atoms. The van der Waals surface area contributed by atoms with E-state index in [1.54, 1.807) is 72.8 Å². The van der Waals surface area contributed by atoms with E-state index in [0.29, 0.717) is 154 Å². The highest BCUT2D eigenvalue weighted by atomic mass is 35.5. The zero-order chi connectivity index (χ0) is 90.3. The average molecular weight is 1960 g/mol. The van der Waals surface area contributed by atoms with Gasteiger partial charge >= 0.3 is 0 Å². The van der Waals surface area contributed by atoms with Crippen molar-refractivity contribution in [2.75, 3.05) is 52.9 Å². The smallest absolute Gasteiger partial charge is 0.135 e. The highest BCUT2D eigenvalue weighted by Gasteiger charge is 2.32. The maximum absolute atomic E-state index is 14.0. The molecule has 6 heterocycles. The first-order valence-corrected chi connectivity index (χ1v) is 45.6. The number of nitrogens with two attached hydrogens (primary N) is 4. The Hall–Kier alpha value is -8.12. The number of benzene rings is 12. The molecule has 0 amide bonds. The zero-order valence-corrected chi connectivity index (χ0v) is 77.7. The molecule has 0 aliphatic carbocycles. The largest absolute Gasteiger partial charge is 0.488 e. The van der Waals surface area contributed by atoms with Crippen molar-refractivity contribution in [3.63, 3.8) is 0 Å². The monoisotopic (exact) mass is 1950 g/mol. The molecule has 0 saturated carbocycles. The Labute approximate surface area is 796 Å². The van der Waals surface area contributed by atoms with Crippen molar-refractivity contribution in [1.82, 2.24) is 10.6 Å². The minimum absolute atomic E-state index is 0.00455. The van der Waals surface area contributed by atoms with Crippen molar-refractivity contribution >= 4 is 151 Å². The molecule has 0 unspecified atom stereocenters. The third kappa shape index (κ3) is 23.6. The van der Waals surface area contributed by atoms with Gasteiger partial charge in [0.1, 0.15) is 94.4 Å². The minimum Gasteiger partial charge on any atom is -0.488 e. The molecule has 0 radical (unpaired) electrons. The molecule has 28 heteroatoms. The molecule has 12 nitrogen and oxygen atoms in total. The number of ether oxygens (including phenoxy) is 6. The summed E-state index contributed by atoms with van der Waals surface area (Å²) in [5.74, 6) is 3.01. The lowest BCUT2D eigenvalue weighted by molar-refractivity contribution is 0.172. The van der Waals surface area contributed by atoms with Crippen LogP contribution in [-0.2, 0) is 25.7 Å². The van der Waals surface area contributed by atoms with Crippen molar-refractivity contribution in [3.8, 4) is 101 Å². The average Bonchev–Trinajstić information content (AvgIpc) is 0.783. The van der Waals surface area contributed by atoms with E-state index in [0.717, 1.165) is 138 Å². The number of nitrogens with one attached hydrogen (secondary N) is 2. The summed E-state index contributed by atoms with van der Waals surface area (Å²) >= 11 is 74.8. The second-order valence-electron chi connectivity index (χ2n) is 30.3. The van der Waals surface area contributed by atoms with E-state index in [1.165, 1.54) is 48.5 Å². The standard InChI is InChI=1S/C18H18Cl2FNO.C17H15Cl2NO.3C16H14Cl2FNO.C16H13Cl2NO/c1-2-22-10-13-7-6-11-8-12(21)9-14(18(11)23-13)17-15(19)4-3-5-16(17)20;1-20-10-12-9-8-11-4-2-5-13(17(11)21-12)16-14(18)6-3-7-15(16)19;17-10-2-4-15(18)13(6-10)14-7-11(19)5-9-1-3-12(8-20)21-16(9)14;17-10-2-4-13(15(18)6-10)14-7-11(19)5-9-1-3-12(8-20)21-16(9)14;17-13-2-1-3-14(18)15(13)12-7-10(19)6-9-4-5-11(8-20)21-16(9)12;17-13-5-2-6-14(18)15(13)12-4-1-3-10-7-8-11(9-19)20-16(10)12/h3-5,8-9,13,22H,2,6-7,10H2,1H3;2-9,12,20H,10H2,1H3;2*2,4-7,12H,1,3,8,20H2;1-3,6-7,11H,4-5,8,20H2;1-8,11H,9,19H2/t13-;3*12-;2*11-/m110011/s1. The second-order valence-corrected chi connectivity index (χ2v) is 35.2. The van der Waals surface area contributed by atoms with Gasteiger partial charge in [-0.15, -0.1) is 0 Å². The number of hydrogen-bond donors (Lipinski definition) is 6. The summed E-state index contributed by atoms with van der Waals surface area (Å²) < 4.78 is 91.7. The Bertz CT molecular complexity index is 5950. The fourth-order valence-electron chi connectivity index (χ4n) is 15.5. The molecule has 10 N–H and O–H groups in total. The maximum atomic E-state index is 14.0. The number of para-hydroxylation sites is 2. The predicted molar refractivity (Wildman–Crippen MR) is 518 cm³/mol. The molecule has 0 saturated heterocycles. The van der Waals surface area contributed by atoms with E-state index in [4.69, 9.17) is 191 Å². The molecular weight excluding hydrogens is 1870 g/mol. The van der Waals surface area contributed by atoms with Gasteiger partial charge in [-0.2, -0.15) is 0 Å². The van der Waals surface area contributed by atoms with E-state index in [-0.39, 0.29) is 59.9 Å². The third-order valence-corrected chi connectivity index (χ3v) is 25.3. The summed E-state index contributed by atoms with van der Waals surface area (Å²) in [4.78, 5) is 0. The highest BCUT2D eigenvalue weighted by Crippen LogP contribution is 2.51. The number of fused-ring (bicyclic) bond motifs is 6. The van der Waals surface area contributed by atoms with E-state index in [1.807, 2.05) is 92.0 Å². The normalized spacial score (nSPS) is 16.9. The molecule has 127 heavy (non-hydrogen) atoms. The van der Waals surface area contributed by atoms with E-state index < -0.39 is 0 Å². The molecule has 12 aromatic rings. The molecule has 0 fully saturated rings. The zero-order valence-electron chi connectivity index (χ0n) is 68.7. The highest BCUT2D eigenvalue weighted by molar-refractivity contribution is 6.42. The number of likely N-dealkylation sites (N-methyl/N-ethyl adjacent to an activating group) is 2. The van der Waals surface area contributed by atoms with Crippen LogP contribution in [0.2, 0.25) is 60.3 Å². The predicted octanol–water partition coefficient (Wildman–Crippen LogP) is 27.5. The molecule has 0 aromatic heterocycles. The summed E-state index contributed by atoms with van der Waals surface area (Å²) in [5, 5.41) is 12.8. The van der Waals surface area contributed by atoms with Crippen LogP contribution in [-0.4, -0.2) is 89.5 Å². The van der Waals surface area contributed by atoms with Crippen molar-refractivity contribution in [2.45, 2.75) is 94.9 Å². The van der Waals surface area contributed by atoms with Gasteiger partial charge in [0.05, 0.1) is 45.2 Å². The molecular formula is C99H88Cl12F4N6O6. The van der Waals surface area contributed by atoms with Gasteiger partial charge in [-0.3, -0.25) is 0 Å². The first-order chi connectivity index (χ1) is 61.3. The van der Waals surface area contributed by atoms with E-state index in [9.17, 15) is 17.6 Å². The molecule has 6 aliphatic heterocycles. The van der Waals surface area contributed by atoms with Crippen LogP contribution in [0.25, 0.3) is 78.9 Å². The van der Waals surface area contributed by atoms with Crippen LogP contribution in [0.1, 0.15) is 66.0 Å². The van der Waals surface area contributed by atoms with Crippen molar-refractivity contribution in [3.05, 3.63) is 323 Å². The molecule has 18 rings (SSSR count). The Morgan fingerprint density at radius 2 is 0.646 bits per heavy atom. The van der Waals surface area contributed by atoms with E-state index >= 15 is 0 Å². The Morgan fingerprint density at radius 1 is 0.307 bits per heavy atom. The van der Waals surface area contributed by atoms with Gasteiger partial charge in [0.25, 0.3) is 0 Å². The van der Waals surface area contributed by atoms with Gasteiger partial charge in [-0.25, -0.2) is 17.6 Å². The van der Waals surface area contributed by atoms with Crippen LogP contribution in [0.15, 0.2) is 206 Å². The summed E-state index contributed by atoms with van der Waals surface area (Å²) in [6.07, 6.45) is 14.1. The molecule has 662 valence electrons. The van der Waals surface area contributed by atoms with Crippen molar-refractivity contribution in [2.24, 2.45) is 22.9 Å². The quantitative estimate of drug-likeness (QED) is 0.0535. The van der Waals surface area contributed by atoms with Crippen molar-refractivity contribution < 1.29 is 46.0 Å². The number of rotatable bonds is 15. The summed E-state index contributed by atoms with van der Waals surface area (Å²) in [5.41, 5.74) is 36.6. The van der Waals surface area contributed by atoms with Gasteiger partial charge < -0.3 is 62.0 Å². The fraction of sp³-hybridized carbons (Fsp3) is 0.232. The van der Waals surface area contributed by atoms with Crippen LogP contribution >= 0.6 is 139 Å². The topological polar surface area (TPSA) is 184 Å². The SMILES string of the molecule is CCNC[C@H]1CCc2cc(F)cc(-c3c(Cl)cccc3Cl)c2O1.CNC[C@H]1C=Cc2cccc(-c3c(Cl)cccc3Cl)c2O1.NC[C@@H]1CCc2cc(F)cc(-c3cc(Cl)ccc3Cl)c2O1.NC[C@@H]1CCc2cc(F)cc(-c3ccc(Cl)cc3Cl)c2O1.NC[C@H]1C=Cc2cccc(-c3c(Cl)cccc3Cl)c2O1.NC[C@H]1CCc2cc(F)cc(-c3c(Cl)cccc3Cl)c2O1. The van der Waals surface area contributed by atoms with Crippen LogP contribution in [0.5, 0.6) is 34.5 Å². The van der Waals surface area contributed by atoms with Crippen LogP contribution < -0.4 is 62.0 Å². The molecule has 6 aliphatic rings. The van der Waals surface area contributed by atoms with Gasteiger partial charge in [0, 0.05) is 132 Å². The fourth-order valence-corrected chi connectivity index (χ4v) is 18.8.